The van der Waals surface area contributed by atoms with E-state index in [0.29, 0.717) is 23.6 Å². The van der Waals surface area contributed by atoms with Crippen molar-refractivity contribution in [2.45, 2.75) is 32.7 Å². The zero-order chi connectivity index (χ0) is 16.7. The van der Waals surface area contributed by atoms with Crippen molar-refractivity contribution in [3.05, 3.63) is 35.4 Å². The Hall–Kier alpha value is -2.57. The van der Waals surface area contributed by atoms with E-state index in [1.807, 2.05) is 35.6 Å². The van der Waals surface area contributed by atoms with Gasteiger partial charge in [-0.3, -0.25) is 4.79 Å². The molecule has 1 aromatic heterocycles. The third-order valence-corrected chi connectivity index (χ3v) is 4.56. The van der Waals surface area contributed by atoms with Crippen molar-refractivity contribution in [2.75, 3.05) is 19.9 Å². The van der Waals surface area contributed by atoms with Gasteiger partial charge in [-0.2, -0.15) is 5.10 Å². The lowest BCUT2D eigenvalue weighted by molar-refractivity contribution is 0.0666. The Morgan fingerprint density at radius 1 is 1.29 bits per heavy atom. The lowest BCUT2D eigenvalue weighted by Gasteiger charge is -2.33. The predicted molar refractivity (Wildman–Crippen MR) is 86.2 cm³/mol. The summed E-state index contributed by atoms with van der Waals surface area (Å²) in [4.78, 5) is 19.2. The van der Waals surface area contributed by atoms with Crippen molar-refractivity contribution in [1.82, 2.24) is 19.7 Å². The monoisotopic (exact) mass is 328 g/mol. The number of ether oxygens (including phenoxy) is 2. The Labute approximate surface area is 140 Å². The molecule has 4 rings (SSSR count). The molecule has 3 heterocycles. The van der Waals surface area contributed by atoms with Gasteiger partial charge >= 0.3 is 0 Å². The first-order valence-electron chi connectivity index (χ1n) is 8.21. The third kappa shape index (κ3) is 2.50. The fourth-order valence-electron chi connectivity index (χ4n) is 3.49. The molecular weight excluding hydrogens is 308 g/mol. The summed E-state index contributed by atoms with van der Waals surface area (Å²) < 4.78 is 12.8. The lowest BCUT2D eigenvalue weighted by Crippen LogP contribution is -2.41. The summed E-state index contributed by atoms with van der Waals surface area (Å²) in [6.07, 6.45) is 1.95. The number of amides is 1. The molecule has 2 aromatic rings. The first-order valence-corrected chi connectivity index (χ1v) is 8.21. The second-order valence-corrected chi connectivity index (χ2v) is 6.24. The number of hydrogen-bond acceptors (Lipinski definition) is 5. The smallest absolute Gasteiger partial charge is 0.257 e. The van der Waals surface area contributed by atoms with E-state index >= 15 is 0 Å². The van der Waals surface area contributed by atoms with E-state index in [9.17, 15) is 4.79 Å². The van der Waals surface area contributed by atoms with Gasteiger partial charge in [0.1, 0.15) is 11.6 Å². The summed E-state index contributed by atoms with van der Waals surface area (Å²) in [6, 6.07) is 5.61. The van der Waals surface area contributed by atoms with Gasteiger partial charge in [-0.15, -0.1) is 0 Å². The standard InChI is InChI=1S/C17H20N4O3/c1-11-18-12(2)21(19-11)13-5-4-8-20(9-13)17(22)14-6-3-7-15-16(14)24-10-23-15/h3,6-7,13H,4-5,8-10H2,1-2H3/t13-/m0/s1. The minimum absolute atomic E-state index is 0.0171. The number of rotatable bonds is 2. The van der Waals surface area contributed by atoms with Gasteiger partial charge in [0.2, 0.25) is 6.79 Å². The number of nitrogens with zero attached hydrogens (tertiary/aromatic N) is 4. The summed E-state index contributed by atoms with van der Waals surface area (Å²) >= 11 is 0. The summed E-state index contributed by atoms with van der Waals surface area (Å²) in [6.45, 7) is 5.38. The molecule has 0 bridgehead atoms. The largest absolute Gasteiger partial charge is 0.454 e. The number of fused-ring (bicyclic) bond motifs is 1. The molecule has 0 N–H and O–H groups in total. The molecule has 1 amide bonds. The average molecular weight is 328 g/mol. The Morgan fingerprint density at radius 3 is 2.96 bits per heavy atom. The van der Waals surface area contributed by atoms with E-state index in [1.54, 1.807) is 6.07 Å². The van der Waals surface area contributed by atoms with Gasteiger partial charge in [0.25, 0.3) is 5.91 Å². The maximum Gasteiger partial charge on any atom is 0.257 e. The van der Waals surface area contributed by atoms with Gasteiger partial charge in [0.15, 0.2) is 11.5 Å². The Morgan fingerprint density at radius 2 is 2.17 bits per heavy atom. The maximum absolute atomic E-state index is 13.0. The molecule has 1 aromatic carbocycles. The topological polar surface area (TPSA) is 69.5 Å². The number of carbonyl (C=O) groups excluding carboxylic acids is 1. The first kappa shape index (κ1) is 15.0. The summed E-state index contributed by atoms with van der Waals surface area (Å²) in [5.41, 5.74) is 0.567. The van der Waals surface area contributed by atoms with Gasteiger partial charge in [0.05, 0.1) is 11.6 Å². The van der Waals surface area contributed by atoms with Gasteiger partial charge in [0, 0.05) is 13.1 Å². The molecule has 2 aliphatic rings. The normalized spacial score (nSPS) is 19.6. The highest BCUT2D eigenvalue weighted by Gasteiger charge is 2.30. The van der Waals surface area contributed by atoms with Crippen LogP contribution >= 0.6 is 0 Å². The number of likely N-dealkylation sites (tertiary alicyclic amines) is 1. The van der Waals surface area contributed by atoms with E-state index in [0.717, 1.165) is 31.0 Å². The molecule has 7 nitrogen and oxygen atoms in total. The highest BCUT2D eigenvalue weighted by molar-refractivity contribution is 5.98. The van der Waals surface area contributed by atoms with Crippen LogP contribution in [0.3, 0.4) is 0 Å². The van der Waals surface area contributed by atoms with Crippen molar-refractivity contribution >= 4 is 5.91 Å². The minimum atomic E-state index is -0.0171. The van der Waals surface area contributed by atoms with E-state index in [4.69, 9.17) is 9.47 Å². The van der Waals surface area contributed by atoms with E-state index in [1.165, 1.54) is 0 Å². The molecule has 0 radical (unpaired) electrons. The molecule has 7 heteroatoms. The maximum atomic E-state index is 13.0. The van der Waals surface area contributed by atoms with Crippen molar-refractivity contribution in [2.24, 2.45) is 0 Å². The van der Waals surface area contributed by atoms with Gasteiger partial charge < -0.3 is 14.4 Å². The van der Waals surface area contributed by atoms with Crippen molar-refractivity contribution in [1.29, 1.82) is 0 Å². The van der Waals surface area contributed by atoms with Gasteiger partial charge in [-0.25, -0.2) is 9.67 Å². The molecule has 126 valence electrons. The molecule has 0 unspecified atom stereocenters. The van der Waals surface area contributed by atoms with Crippen LogP contribution in [-0.2, 0) is 0 Å². The molecule has 0 saturated carbocycles. The second kappa shape index (κ2) is 5.81. The number of aryl methyl sites for hydroxylation is 2. The molecule has 0 aliphatic carbocycles. The fourth-order valence-corrected chi connectivity index (χ4v) is 3.49. The van der Waals surface area contributed by atoms with Crippen LogP contribution in [0.15, 0.2) is 18.2 Å². The van der Waals surface area contributed by atoms with Gasteiger partial charge in [-0.1, -0.05) is 6.07 Å². The number of aromatic nitrogens is 3. The summed E-state index contributed by atoms with van der Waals surface area (Å²) in [5.74, 6) is 2.83. The van der Waals surface area contributed by atoms with E-state index in [-0.39, 0.29) is 18.7 Å². The molecule has 1 atom stereocenters. The second-order valence-electron chi connectivity index (χ2n) is 6.24. The van der Waals surface area contributed by atoms with Crippen LogP contribution < -0.4 is 9.47 Å². The zero-order valence-electron chi connectivity index (χ0n) is 13.9. The number of hydrogen-bond donors (Lipinski definition) is 0. The van der Waals surface area contributed by atoms with Crippen molar-refractivity contribution in [3.8, 4) is 11.5 Å². The number of carbonyl (C=O) groups is 1. The summed E-state index contributed by atoms with van der Waals surface area (Å²) in [7, 11) is 0. The molecular formula is C17H20N4O3. The summed E-state index contributed by atoms with van der Waals surface area (Å²) in [5, 5.41) is 4.48. The van der Waals surface area contributed by atoms with Crippen LogP contribution in [0.2, 0.25) is 0 Å². The third-order valence-electron chi connectivity index (χ3n) is 4.56. The zero-order valence-corrected chi connectivity index (χ0v) is 13.9. The van der Waals surface area contributed by atoms with Crippen molar-refractivity contribution in [3.63, 3.8) is 0 Å². The first-order chi connectivity index (χ1) is 11.6. The average Bonchev–Trinajstić information content (AvgIpc) is 3.20. The SMILES string of the molecule is Cc1nc(C)n([C@H]2CCCN(C(=O)c3cccc4c3OCO4)C2)n1. The van der Waals surface area contributed by atoms with Crippen LogP contribution in [0.4, 0.5) is 0 Å². The minimum Gasteiger partial charge on any atom is -0.454 e. The Bertz CT molecular complexity index is 786. The molecule has 1 saturated heterocycles. The quantitative estimate of drug-likeness (QED) is 0.844. The number of piperidine rings is 1. The van der Waals surface area contributed by atoms with Crippen LogP contribution in [-0.4, -0.2) is 45.5 Å². The van der Waals surface area contributed by atoms with E-state index < -0.39 is 0 Å². The lowest BCUT2D eigenvalue weighted by atomic mass is 10.0. The Kier molecular flexibility index (Phi) is 3.63. The van der Waals surface area contributed by atoms with Crippen LogP contribution in [0.1, 0.15) is 40.9 Å². The van der Waals surface area contributed by atoms with Crippen LogP contribution in [0.5, 0.6) is 11.5 Å². The van der Waals surface area contributed by atoms with Gasteiger partial charge in [-0.05, 0) is 38.8 Å². The van der Waals surface area contributed by atoms with Crippen LogP contribution in [0, 0.1) is 13.8 Å². The van der Waals surface area contributed by atoms with E-state index in [2.05, 4.69) is 10.1 Å². The number of benzene rings is 1. The molecule has 2 aliphatic heterocycles. The Balaban J connectivity index is 1.57. The highest BCUT2D eigenvalue weighted by atomic mass is 16.7. The highest BCUT2D eigenvalue weighted by Crippen LogP contribution is 2.36. The molecule has 24 heavy (non-hydrogen) atoms. The fraction of sp³-hybridized carbons (Fsp3) is 0.471. The van der Waals surface area contributed by atoms with Crippen LogP contribution in [0.25, 0.3) is 0 Å². The molecule has 1 fully saturated rings. The number of para-hydroxylation sites is 1. The molecule has 0 spiro atoms. The predicted octanol–water partition coefficient (Wildman–Crippen LogP) is 2.10. The van der Waals surface area contributed by atoms with Crippen molar-refractivity contribution < 1.29 is 14.3 Å².